The van der Waals surface area contributed by atoms with E-state index in [1.165, 1.54) is 23.2 Å². The number of fused-ring (bicyclic) bond motifs is 1. The molecule has 0 bridgehead atoms. The summed E-state index contributed by atoms with van der Waals surface area (Å²) in [6.07, 6.45) is 1.42. The lowest BCUT2D eigenvalue weighted by atomic mass is 10.1. The highest BCUT2D eigenvalue weighted by Gasteiger charge is 2.30. The SMILES string of the molecule is Cc1ccc(S(=O)(=O)Nc2cccc3c(C(=O)C(=O)N4CCN(C(=O)c5ccccc5)CC4)c[nH]c23)cc1. The maximum Gasteiger partial charge on any atom is 0.295 e. The first-order chi connectivity index (χ1) is 18.2. The van der Waals surface area contributed by atoms with Crippen molar-refractivity contribution >= 4 is 44.2 Å². The molecule has 0 unspecified atom stereocenters. The van der Waals surface area contributed by atoms with Gasteiger partial charge in [0.1, 0.15) is 0 Å². The van der Waals surface area contributed by atoms with Gasteiger partial charge in [0, 0.05) is 43.3 Å². The monoisotopic (exact) mass is 530 g/mol. The Hall–Kier alpha value is -4.44. The summed E-state index contributed by atoms with van der Waals surface area (Å²) in [7, 11) is -3.86. The average molecular weight is 531 g/mol. The van der Waals surface area contributed by atoms with Crippen molar-refractivity contribution in [2.24, 2.45) is 0 Å². The number of benzene rings is 3. The van der Waals surface area contributed by atoms with Gasteiger partial charge in [0.25, 0.3) is 27.6 Å². The molecule has 4 aromatic rings. The second-order valence-electron chi connectivity index (χ2n) is 9.13. The number of para-hydroxylation sites is 1. The normalized spacial score (nSPS) is 13.9. The number of sulfonamides is 1. The Bertz CT molecular complexity index is 1620. The number of rotatable bonds is 6. The van der Waals surface area contributed by atoms with Crippen molar-refractivity contribution in [1.82, 2.24) is 14.8 Å². The summed E-state index contributed by atoms with van der Waals surface area (Å²) in [6.45, 7) is 3.00. The number of piperazine rings is 1. The lowest BCUT2D eigenvalue weighted by Crippen LogP contribution is -2.52. The van der Waals surface area contributed by atoms with E-state index in [0.29, 0.717) is 29.6 Å². The van der Waals surface area contributed by atoms with Crippen LogP contribution in [0.1, 0.15) is 26.3 Å². The number of amides is 2. The molecule has 1 aliphatic heterocycles. The van der Waals surface area contributed by atoms with Crippen molar-refractivity contribution in [3.8, 4) is 0 Å². The summed E-state index contributed by atoms with van der Waals surface area (Å²) in [6, 6.07) is 20.3. The first-order valence-electron chi connectivity index (χ1n) is 12.1. The molecule has 0 saturated carbocycles. The highest BCUT2D eigenvalue weighted by atomic mass is 32.2. The Morgan fingerprint density at radius 3 is 2.16 bits per heavy atom. The number of Topliss-reactive ketones (excluding diaryl/α,β-unsaturated/α-hetero) is 1. The minimum Gasteiger partial charge on any atom is -0.359 e. The fraction of sp³-hybridized carbons (Fsp3) is 0.179. The van der Waals surface area contributed by atoms with E-state index < -0.39 is 21.7 Å². The molecule has 0 spiro atoms. The summed E-state index contributed by atoms with van der Waals surface area (Å²) >= 11 is 0. The zero-order valence-electron chi connectivity index (χ0n) is 20.7. The van der Waals surface area contributed by atoms with Crippen molar-refractivity contribution in [2.45, 2.75) is 11.8 Å². The summed E-state index contributed by atoms with van der Waals surface area (Å²) in [4.78, 5) is 45.1. The number of hydrogen-bond acceptors (Lipinski definition) is 5. The molecule has 9 nitrogen and oxygen atoms in total. The van der Waals surface area contributed by atoms with Crippen molar-refractivity contribution in [3.05, 3.63) is 95.7 Å². The highest BCUT2D eigenvalue weighted by molar-refractivity contribution is 7.92. The van der Waals surface area contributed by atoms with Crippen LogP contribution < -0.4 is 4.72 Å². The van der Waals surface area contributed by atoms with Crippen molar-refractivity contribution in [3.63, 3.8) is 0 Å². The van der Waals surface area contributed by atoms with Crippen LogP contribution in [0.25, 0.3) is 10.9 Å². The van der Waals surface area contributed by atoms with E-state index in [1.54, 1.807) is 59.5 Å². The van der Waals surface area contributed by atoms with Crippen molar-refractivity contribution < 1.29 is 22.8 Å². The Morgan fingerprint density at radius 2 is 1.47 bits per heavy atom. The predicted octanol–water partition coefficient (Wildman–Crippen LogP) is 3.44. The predicted molar refractivity (Wildman–Crippen MR) is 144 cm³/mol. The number of nitrogens with zero attached hydrogens (tertiary/aromatic N) is 2. The van der Waals surface area contributed by atoms with E-state index in [0.717, 1.165) is 5.56 Å². The van der Waals surface area contributed by atoms with E-state index >= 15 is 0 Å². The number of nitrogens with one attached hydrogen (secondary N) is 2. The Labute approximate surface area is 220 Å². The van der Waals surface area contributed by atoms with Crippen LogP contribution in [0.4, 0.5) is 5.69 Å². The minimum atomic E-state index is -3.86. The zero-order chi connectivity index (χ0) is 26.9. The third-order valence-electron chi connectivity index (χ3n) is 6.60. The molecule has 10 heteroatoms. The van der Waals surface area contributed by atoms with Gasteiger partial charge in [-0.1, -0.05) is 48.0 Å². The summed E-state index contributed by atoms with van der Waals surface area (Å²) in [5, 5.41) is 0.436. The molecule has 0 atom stereocenters. The molecular weight excluding hydrogens is 504 g/mol. The largest absolute Gasteiger partial charge is 0.359 e. The lowest BCUT2D eigenvalue weighted by Gasteiger charge is -2.34. The molecule has 5 rings (SSSR count). The van der Waals surface area contributed by atoms with Gasteiger partial charge in [-0.3, -0.25) is 19.1 Å². The quantitative estimate of drug-likeness (QED) is 0.292. The molecule has 2 N–H and O–H groups in total. The third-order valence-corrected chi connectivity index (χ3v) is 7.99. The number of aromatic amines is 1. The van der Waals surface area contributed by atoms with Crippen LogP contribution in [0.2, 0.25) is 0 Å². The Balaban J connectivity index is 1.30. The number of hydrogen-bond donors (Lipinski definition) is 2. The van der Waals surface area contributed by atoms with Crippen LogP contribution in [0.3, 0.4) is 0 Å². The van der Waals surface area contributed by atoms with Crippen molar-refractivity contribution in [2.75, 3.05) is 30.9 Å². The molecule has 38 heavy (non-hydrogen) atoms. The van der Waals surface area contributed by atoms with E-state index in [9.17, 15) is 22.8 Å². The first-order valence-corrected chi connectivity index (χ1v) is 13.6. The molecule has 2 heterocycles. The summed E-state index contributed by atoms with van der Waals surface area (Å²) in [5.41, 5.74) is 2.34. The fourth-order valence-electron chi connectivity index (χ4n) is 4.48. The standard InChI is InChI=1S/C28H26N4O5S/c1-19-10-12-21(13-11-19)38(36,37)30-24-9-5-8-22-23(18-29-25(22)24)26(33)28(35)32-16-14-31(15-17-32)27(34)20-6-3-2-4-7-20/h2-13,18,29-30H,14-17H2,1H3. The van der Waals surface area contributed by atoms with Gasteiger partial charge in [-0.15, -0.1) is 0 Å². The first kappa shape index (κ1) is 25.2. The Morgan fingerprint density at radius 1 is 0.816 bits per heavy atom. The number of H-pyrrole nitrogens is 1. The van der Waals surface area contributed by atoms with Crippen LogP contribution >= 0.6 is 0 Å². The molecule has 0 aliphatic carbocycles. The van der Waals surface area contributed by atoms with Crippen LogP contribution in [-0.2, 0) is 14.8 Å². The maximum absolute atomic E-state index is 13.2. The van der Waals surface area contributed by atoms with Crippen molar-refractivity contribution in [1.29, 1.82) is 0 Å². The molecule has 0 radical (unpaired) electrons. The van der Waals surface area contributed by atoms with Crippen LogP contribution in [0.15, 0.2) is 83.9 Å². The van der Waals surface area contributed by atoms with E-state index in [1.807, 2.05) is 13.0 Å². The number of ketones is 1. The zero-order valence-corrected chi connectivity index (χ0v) is 21.5. The second-order valence-corrected chi connectivity index (χ2v) is 10.8. The summed E-state index contributed by atoms with van der Waals surface area (Å²) in [5.74, 6) is -1.47. The van der Waals surface area contributed by atoms with Gasteiger partial charge in [0.05, 0.1) is 21.7 Å². The van der Waals surface area contributed by atoms with Gasteiger partial charge in [0.2, 0.25) is 0 Å². The number of carbonyl (C=O) groups is 3. The lowest BCUT2D eigenvalue weighted by molar-refractivity contribution is -0.127. The van der Waals surface area contributed by atoms with E-state index in [4.69, 9.17) is 0 Å². The van der Waals surface area contributed by atoms with Gasteiger partial charge < -0.3 is 14.8 Å². The highest BCUT2D eigenvalue weighted by Crippen LogP contribution is 2.28. The van der Waals surface area contributed by atoms with Crippen LogP contribution in [0.5, 0.6) is 0 Å². The second kappa shape index (κ2) is 10.1. The topological polar surface area (TPSA) is 120 Å². The maximum atomic E-state index is 13.2. The molecule has 2 amide bonds. The minimum absolute atomic E-state index is 0.110. The number of anilines is 1. The Kier molecular flexibility index (Phi) is 6.73. The van der Waals surface area contributed by atoms with E-state index in [-0.39, 0.29) is 35.1 Å². The van der Waals surface area contributed by atoms with Gasteiger partial charge in [-0.2, -0.15) is 0 Å². The van der Waals surface area contributed by atoms with Gasteiger partial charge >= 0.3 is 0 Å². The molecule has 1 aromatic heterocycles. The molecule has 194 valence electrons. The molecule has 1 aliphatic rings. The molecule has 3 aromatic carbocycles. The number of aromatic nitrogens is 1. The molecule has 1 fully saturated rings. The summed E-state index contributed by atoms with van der Waals surface area (Å²) < 4.78 is 28.4. The van der Waals surface area contributed by atoms with Gasteiger partial charge in [-0.05, 0) is 37.3 Å². The molecular formula is C28H26N4O5S. The smallest absolute Gasteiger partial charge is 0.295 e. The molecule has 1 saturated heterocycles. The fourth-order valence-corrected chi connectivity index (χ4v) is 5.55. The van der Waals surface area contributed by atoms with E-state index in [2.05, 4.69) is 9.71 Å². The van der Waals surface area contributed by atoms with Gasteiger partial charge in [-0.25, -0.2) is 8.42 Å². The van der Waals surface area contributed by atoms with Crippen LogP contribution in [-0.4, -0.2) is 67.0 Å². The third kappa shape index (κ3) is 4.90. The van der Waals surface area contributed by atoms with Gasteiger partial charge in [0.15, 0.2) is 0 Å². The van der Waals surface area contributed by atoms with Crippen LogP contribution in [0, 0.1) is 6.92 Å². The number of aryl methyl sites for hydroxylation is 1. The number of carbonyl (C=O) groups excluding carboxylic acids is 3. The average Bonchev–Trinajstić information content (AvgIpc) is 3.38.